The van der Waals surface area contributed by atoms with Gasteiger partial charge in [-0.2, -0.15) is 0 Å². The number of H-pyrrole nitrogens is 2. The number of aromatic amines is 2. The minimum Gasteiger partial charge on any atom is -0.382 e. The molecule has 0 spiro atoms. The molecule has 2 rings (SSSR count). The average molecular weight is 284 g/mol. The average Bonchev–Trinajstić information content (AvgIpc) is 2.58. The lowest BCUT2D eigenvalue weighted by atomic mass is 10.2. The van der Waals surface area contributed by atoms with E-state index in [2.05, 4.69) is 45.1 Å². The van der Waals surface area contributed by atoms with Gasteiger partial charge < -0.3 is 15.3 Å². The maximum absolute atomic E-state index is 11.1. The fourth-order valence-corrected chi connectivity index (χ4v) is 1.99. The summed E-state index contributed by atoms with van der Waals surface area (Å²) in [6.45, 7) is 4.25. The van der Waals surface area contributed by atoms with Crippen molar-refractivity contribution in [2.24, 2.45) is 0 Å². The van der Waals surface area contributed by atoms with E-state index in [4.69, 9.17) is 0 Å². The molecule has 0 saturated heterocycles. The zero-order valence-corrected chi connectivity index (χ0v) is 10.8. The summed E-state index contributed by atoms with van der Waals surface area (Å²) in [7, 11) is 0. The lowest BCUT2D eigenvalue weighted by Gasteiger charge is -2.14. The van der Waals surface area contributed by atoms with E-state index in [1.165, 1.54) is 0 Å². The first-order valence-corrected chi connectivity index (χ1v) is 6.07. The highest BCUT2D eigenvalue weighted by Gasteiger charge is 2.07. The second-order valence-corrected chi connectivity index (χ2v) is 4.76. The minimum atomic E-state index is -0.178. The Morgan fingerprint density at radius 3 is 2.62 bits per heavy atom. The molecule has 4 nitrogen and oxygen atoms in total. The Kier molecular flexibility index (Phi) is 3.05. The first-order chi connectivity index (χ1) is 7.60. The Balaban J connectivity index is 2.45. The summed E-state index contributed by atoms with van der Waals surface area (Å²) in [5.41, 5.74) is 2.45. The number of anilines is 1. The zero-order chi connectivity index (χ0) is 11.7. The van der Waals surface area contributed by atoms with Crippen molar-refractivity contribution in [2.75, 3.05) is 5.32 Å². The topological polar surface area (TPSA) is 60.7 Å². The van der Waals surface area contributed by atoms with Gasteiger partial charge in [0.15, 0.2) is 0 Å². The summed E-state index contributed by atoms with van der Waals surface area (Å²) in [6, 6.07) is 4.24. The summed E-state index contributed by atoms with van der Waals surface area (Å²) in [5.74, 6) is 0. The molecular formula is C11H14BrN3O. The molecule has 1 aromatic carbocycles. The van der Waals surface area contributed by atoms with E-state index in [0.717, 1.165) is 27.6 Å². The van der Waals surface area contributed by atoms with Gasteiger partial charge in [-0.1, -0.05) is 6.92 Å². The van der Waals surface area contributed by atoms with Crippen molar-refractivity contribution in [3.63, 3.8) is 0 Å². The third-order valence-electron chi connectivity index (χ3n) is 2.62. The number of rotatable bonds is 3. The van der Waals surface area contributed by atoms with Crippen LogP contribution in [0.5, 0.6) is 0 Å². The monoisotopic (exact) mass is 283 g/mol. The van der Waals surface area contributed by atoms with Crippen LogP contribution in [0.3, 0.4) is 0 Å². The normalized spacial score (nSPS) is 12.9. The molecule has 16 heavy (non-hydrogen) atoms. The van der Waals surface area contributed by atoms with Crippen molar-refractivity contribution < 1.29 is 0 Å². The Morgan fingerprint density at radius 1 is 1.38 bits per heavy atom. The van der Waals surface area contributed by atoms with Gasteiger partial charge in [-0.25, -0.2) is 4.79 Å². The smallest absolute Gasteiger partial charge is 0.323 e. The summed E-state index contributed by atoms with van der Waals surface area (Å²) >= 11 is 3.49. The highest BCUT2D eigenvalue weighted by Crippen LogP contribution is 2.27. The molecule has 0 fully saturated rings. The number of aromatic nitrogens is 2. The number of fused-ring (bicyclic) bond motifs is 1. The maximum atomic E-state index is 11.1. The minimum absolute atomic E-state index is 0.178. The molecule has 1 unspecified atom stereocenters. The van der Waals surface area contributed by atoms with Gasteiger partial charge in [0.2, 0.25) is 0 Å². The molecule has 86 valence electrons. The molecule has 0 radical (unpaired) electrons. The van der Waals surface area contributed by atoms with Crippen LogP contribution < -0.4 is 11.0 Å². The Hall–Kier alpha value is -1.23. The number of nitrogens with one attached hydrogen (secondary N) is 3. The van der Waals surface area contributed by atoms with E-state index in [-0.39, 0.29) is 5.69 Å². The van der Waals surface area contributed by atoms with Crippen LogP contribution in [0, 0.1) is 0 Å². The Morgan fingerprint density at radius 2 is 2.00 bits per heavy atom. The molecular weight excluding hydrogens is 270 g/mol. The van der Waals surface area contributed by atoms with E-state index in [9.17, 15) is 4.79 Å². The lowest BCUT2D eigenvalue weighted by Crippen LogP contribution is -2.13. The molecule has 1 atom stereocenters. The summed E-state index contributed by atoms with van der Waals surface area (Å²) in [4.78, 5) is 16.6. The van der Waals surface area contributed by atoms with Crippen LogP contribution >= 0.6 is 15.9 Å². The quantitative estimate of drug-likeness (QED) is 0.811. The molecule has 0 aliphatic heterocycles. The van der Waals surface area contributed by atoms with E-state index in [1.807, 2.05) is 12.1 Å². The molecule has 1 aromatic heterocycles. The highest BCUT2D eigenvalue weighted by atomic mass is 79.9. The Bertz CT molecular complexity index is 558. The van der Waals surface area contributed by atoms with Crippen LogP contribution in [0.4, 0.5) is 5.69 Å². The van der Waals surface area contributed by atoms with Crippen molar-refractivity contribution in [2.45, 2.75) is 26.3 Å². The molecule has 0 aliphatic carbocycles. The highest BCUT2D eigenvalue weighted by molar-refractivity contribution is 9.10. The van der Waals surface area contributed by atoms with E-state index in [1.54, 1.807) is 0 Å². The summed E-state index contributed by atoms with van der Waals surface area (Å²) in [6.07, 6.45) is 1.05. The number of halogens is 1. The van der Waals surface area contributed by atoms with Crippen LogP contribution in [0.1, 0.15) is 20.3 Å². The van der Waals surface area contributed by atoms with Gasteiger partial charge >= 0.3 is 5.69 Å². The number of benzene rings is 1. The zero-order valence-electron chi connectivity index (χ0n) is 9.23. The van der Waals surface area contributed by atoms with Crippen molar-refractivity contribution >= 4 is 32.7 Å². The molecule has 0 bridgehead atoms. The third kappa shape index (κ3) is 2.14. The fourth-order valence-electron chi connectivity index (χ4n) is 1.53. The van der Waals surface area contributed by atoms with Gasteiger partial charge in [-0.3, -0.25) is 0 Å². The fraction of sp³-hybridized carbons (Fsp3) is 0.364. The Labute approximate surface area is 102 Å². The standard InChI is InChI=1S/C11H14BrN3O/c1-3-6(2)13-8-5-10-9(4-7(8)12)14-11(16)15-10/h4-6,13H,3H2,1-2H3,(H2,14,15,16). The van der Waals surface area contributed by atoms with Crippen LogP contribution in [-0.4, -0.2) is 16.0 Å². The first kappa shape index (κ1) is 11.3. The predicted octanol–water partition coefficient (Wildman–Crippen LogP) is 2.83. The molecule has 3 N–H and O–H groups in total. The van der Waals surface area contributed by atoms with Crippen LogP contribution in [0.15, 0.2) is 21.4 Å². The van der Waals surface area contributed by atoms with E-state index >= 15 is 0 Å². The van der Waals surface area contributed by atoms with Gasteiger partial charge in [-0.05, 0) is 41.4 Å². The van der Waals surface area contributed by atoms with Crippen molar-refractivity contribution in [3.8, 4) is 0 Å². The second-order valence-electron chi connectivity index (χ2n) is 3.91. The van der Waals surface area contributed by atoms with Crippen LogP contribution in [0.2, 0.25) is 0 Å². The summed E-state index contributed by atoms with van der Waals surface area (Å²) in [5, 5.41) is 3.38. The van der Waals surface area contributed by atoms with E-state index < -0.39 is 0 Å². The summed E-state index contributed by atoms with van der Waals surface area (Å²) < 4.78 is 0.954. The molecule has 0 aliphatic rings. The second kappa shape index (κ2) is 4.33. The van der Waals surface area contributed by atoms with Crippen molar-refractivity contribution in [1.29, 1.82) is 0 Å². The van der Waals surface area contributed by atoms with Crippen molar-refractivity contribution in [3.05, 3.63) is 27.1 Å². The predicted molar refractivity (Wildman–Crippen MR) is 70.0 cm³/mol. The first-order valence-electron chi connectivity index (χ1n) is 5.28. The number of imidazole rings is 1. The van der Waals surface area contributed by atoms with Gasteiger partial charge in [-0.15, -0.1) is 0 Å². The maximum Gasteiger partial charge on any atom is 0.323 e. The van der Waals surface area contributed by atoms with Gasteiger partial charge in [0, 0.05) is 10.5 Å². The van der Waals surface area contributed by atoms with Gasteiger partial charge in [0.05, 0.1) is 16.7 Å². The lowest BCUT2D eigenvalue weighted by molar-refractivity contribution is 0.763. The van der Waals surface area contributed by atoms with Crippen molar-refractivity contribution in [1.82, 2.24) is 9.97 Å². The molecule has 0 amide bonds. The van der Waals surface area contributed by atoms with E-state index in [0.29, 0.717) is 6.04 Å². The van der Waals surface area contributed by atoms with Gasteiger partial charge in [0.1, 0.15) is 0 Å². The number of hydrogen-bond acceptors (Lipinski definition) is 2. The van der Waals surface area contributed by atoms with Crippen LogP contribution in [-0.2, 0) is 0 Å². The molecule has 5 heteroatoms. The van der Waals surface area contributed by atoms with Gasteiger partial charge in [0.25, 0.3) is 0 Å². The largest absolute Gasteiger partial charge is 0.382 e. The van der Waals surface area contributed by atoms with Crippen LogP contribution in [0.25, 0.3) is 11.0 Å². The third-order valence-corrected chi connectivity index (χ3v) is 3.27. The number of hydrogen-bond donors (Lipinski definition) is 3. The molecule has 0 saturated carbocycles. The molecule has 1 heterocycles. The molecule has 2 aromatic rings. The SMILES string of the molecule is CCC(C)Nc1cc2[nH]c(=O)[nH]c2cc1Br.